The lowest BCUT2D eigenvalue weighted by Gasteiger charge is -2.57. The normalized spacial score (nSPS) is 46.3. The van der Waals surface area contributed by atoms with Crippen molar-refractivity contribution in [3.8, 4) is 0 Å². The van der Waals surface area contributed by atoms with Gasteiger partial charge in [0.25, 0.3) is 0 Å². The molecule has 5 heteroatoms. The Hall–Kier alpha value is -1.46. The van der Waals surface area contributed by atoms with Crippen LogP contribution in [0.2, 0.25) is 0 Å². The van der Waals surface area contributed by atoms with E-state index in [0.29, 0.717) is 12.0 Å². The molecule has 1 saturated carbocycles. The Labute approximate surface area is 147 Å². The molecule has 0 spiro atoms. The van der Waals surface area contributed by atoms with Gasteiger partial charge in [0.15, 0.2) is 5.79 Å². The summed E-state index contributed by atoms with van der Waals surface area (Å²) in [7, 11) is 0. The SMILES string of the molecule is C[C@H](C(=O)O)C1=C2[C@H]3C[C@H]4O[C@](O)(C=C4C=O)[C@]3(C)CC[C@@]2(C)CC1. The van der Waals surface area contributed by atoms with Gasteiger partial charge in [-0.25, -0.2) is 0 Å². The van der Waals surface area contributed by atoms with Crippen LogP contribution in [0.4, 0.5) is 0 Å². The highest BCUT2D eigenvalue weighted by molar-refractivity contribution is 5.77. The third-order valence-electron chi connectivity index (χ3n) is 7.61. The monoisotopic (exact) mass is 346 g/mol. The predicted octanol–water partition coefficient (Wildman–Crippen LogP) is 2.84. The first-order chi connectivity index (χ1) is 11.7. The number of rotatable bonds is 3. The fourth-order valence-electron chi connectivity index (χ4n) is 5.85. The van der Waals surface area contributed by atoms with Crippen LogP contribution in [0.5, 0.6) is 0 Å². The van der Waals surface area contributed by atoms with Gasteiger partial charge in [-0.15, -0.1) is 0 Å². The van der Waals surface area contributed by atoms with E-state index in [2.05, 4.69) is 6.92 Å². The van der Waals surface area contributed by atoms with Crippen LogP contribution in [0.25, 0.3) is 0 Å². The molecule has 0 radical (unpaired) electrons. The molecule has 2 bridgehead atoms. The van der Waals surface area contributed by atoms with Gasteiger partial charge in [-0.2, -0.15) is 0 Å². The lowest BCUT2D eigenvalue weighted by atomic mass is 9.52. The van der Waals surface area contributed by atoms with Crippen LogP contribution in [-0.2, 0) is 14.3 Å². The van der Waals surface area contributed by atoms with Crippen molar-refractivity contribution in [3.63, 3.8) is 0 Å². The minimum absolute atomic E-state index is 0.00228. The Morgan fingerprint density at radius 1 is 1.36 bits per heavy atom. The number of carbonyl (C=O) groups excluding carboxylic acids is 1. The highest BCUT2D eigenvalue weighted by Gasteiger charge is 2.65. The molecule has 136 valence electrons. The van der Waals surface area contributed by atoms with Gasteiger partial charge in [0.2, 0.25) is 0 Å². The second-order valence-electron chi connectivity index (χ2n) is 8.83. The van der Waals surface area contributed by atoms with E-state index in [1.165, 1.54) is 5.57 Å². The van der Waals surface area contributed by atoms with E-state index in [1.54, 1.807) is 13.0 Å². The molecular weight excluding hydrogens is 320 g/mol. The number of aliphatic carboxylic acids is 1. The third-order valence-corrected chi connectivity index (χ3v) is 7.61. The molecule has 6 atom stereocenters. The van der Waals surface area contributed by atoms with E-state index in [-0.39, 0.29) is 11.3 Å². The molecule has 0 aromatic heterocycles. The van der Waals surface area contributed by atoms with E-state index in [1.807, 2.05) is 6.92 Å². The van der Waals surface area contributed by atoms with Gasteiger partial charge in [0.1, 0.15) is 6.29 Å². The van der Waals surface area contributed by atoms with Gasteiger partial charge in [0.05, 0.1) is 12.0 Å². The van der Waals surface area contributed by atoms with Crippen LogP contribution >= 0.6 is 0 Å². The van der Waals surface area contributed by atoms with Gasteiger partial charge in [0, 0.05) is 11.0 Å². The molecule has 5 nitrogen and oxygen atoms in total. The number of allylic oxidation sites excluding steroid dienone is 1. The quantitative estimate of drug-likeness (QED) is 0.606. The van der Waals surface area contributed by atoms with E-state index in [0.717, 1.165) is 37.5 Å². The van der Waals surface area contributed by atoms with Gasteiger partial charge in [-0.05, 0) is 56.4 Å². The molecule has 25 heavy (non-hydrogen) atoms. The molecule has 0 amide bonds. The molecule has 4 aliphatic rings. The number of hydrogen-bond acceptors (Lipinski definition) is 4. The molecule has 2 N–H and O–H groups in total. The summed E-state index contributed by atoms with van der Waals surface area (Å²) in [5, 5.41) is 20.8. The largest absolute Gasteiger partial charge is 0.481 e. The number of aliphatic hydroxyl groups is 1. The fourth-order valence-corrected chi connectivity index (χ4v) is 5.85. The second-order valence-corrected chi connectivity index (χ2v) is 8.83. The molecule has 2 fully saturated rings. The topological polar surface area (TPSA) is 83.8 Å². The number of carbonyl (C=O) groups is 2. The average Bonchev–Trinajstić information content (AvgIpc) is 3.05. The van der Waals surface area contributed by atoms with Gasteiger partial charge in [-0.3, -0.25) is 9.59 Å². The minimum Gasteiger partial charge on any atom is -0.481 e. The van der Waals surface area contributed by atoms with Crippen molar-refractivity contribution in [1.29, 1.82) is 0 Å². The number of fused-ring (bicyclic) bond motifs is 6. The first kappa shape index (κ1) is 17.0. The van der Waals surface area contributed by atoms with Gasteiger partial charge >= 0.3 is 5.97 Å². The molecule has 0 aromatic carbocycles. The fraction of sp³-hybridized carbons (Fsp3) is 0.700. The standard InChI is InChI=1S/C20H26O5/c1-11(17(22)23)13-4-5-18(2)6-7-19(3)14(16(13)18)8-15-12(10-21)9-20(19,24)25-15/h9-11,14-15,24H,4-8H2,1-3H3,(H,22,23)/t11-,14+,15+,18+,19+,20+/m0/s1. The smallest absolute Gasteiger partial charge is 0.310 e. The zero-order valence-electron chi connectivity index (χ0n) is 15.0. The summed E-state index contributed by atoms with van der Waals surface area (Å²) in [6.45, 7) is 6.03. The maximum absolute atomic E-state index is 11.6. The van der Waals surface area contributed by atoms with Crippen LogP contribution in [0.15, 0.2) is 22.8 Å². The maximum atomic E-state index is 11.6. The molecule has 2 aliphatic carbocycles. The van der Waals surface area contributed by atoms with Crippen molar-refractivity contribution in [3.05, 3.63) is 22.8 Å². The van der Waals surface area contributed by atoms with Crippen molar-refractivity contribution >= 4 is 12.3 Å². The second kappa shape index (κ2) is 5.04. The zero-order chi connectivity index (χ0) is 18.2. The molecule has 2 heterocycles. The Morgan fingerprint density at radius 3 is 2.72 bits per heavy atom. The van der Waals surface area contributed by atoms with Gasteiger partial charge in [-0.1, -0.05) is 25.0 Å². The van der Waals surface area contributed by atoms with Crippen molar-refractivity contribution in [2.45, 2.75) is 64.8 Å². The first-order valence-electron chi connectivity index (χ1n) is 9.19. The summed E-state index contributed by atoms with van der Waals surface area (Å²) in [4.78, 5) is 23.0. The summed E-state index contributed by atoms with van der Waals surface area (Å²) >= 11 is 0. The molecular formula is C20H26O5. The summed E-state index contributed by atoms with van der Waals surface area (Å²) in [6.07, 6.45) is 6.13. The first-order valence-corrected chi connectivity index (χ1v) is 9.19. The Bertz CT molecular complexity index is 722. The predicted molar refractivity (Wildman–Crippen MR) is 90.6 cm³/mol. The Morgan fingerprint density at radius 2 is 2.08 bits per heavy atom. The molecule has 0 aromatic rings. The average molecular weight is 346 g/mol. The Kier molecular flexibility index (Phi) is 3.42. The summed E-state index contributed by atoms with van der Waals surface area (Å²) in [5.74, 6) is -2.69. The zero-order valence-corrected chi connectivity index (χ0v) is 15.0. The van der Waals surface area contributed by atoms with Gasteiger partial charge < -0.3 is 14.9 Å². The lowest BCUT2D eigenvalue weighted by molar-refractivity contribution is -0.288. The number of hydrogen-bond donors (Lipinski definition) is 2. The molecule has 1 saturated heterocycles. The van der Waals surface area contributed by atoms with Crippen molar-refractivity contribution in [1.82, 2.24) is 0 Å². The van der Waals surface area contributed by atoms with Crippen LogP contribution in [0.3, 0.4) is 0 Å². The third kappa shape index (κ3) is 2.02. The summed E-state index contributed by atoms with van der Waals surface area (Å²) in [5.41, 5.74) is 2.24. The van der Waals surface area contributed by atoms with E-state index in [9.17, 15) is 19.8 Å². The number of aldehydes is 1. The van der Waals surface area contributed by atoms with Crippen molar-refractivity contribution < 1.29 is 24.5 Å². The van der Waals surface area contributed by atoms with Crippen LogP contribution in [0, 0.1) is 22.7 Å². The van der Waals surface area contributed by atoms with E-state index < -0.39 is 29.2 Å². The highest BCUT2D eigenvalue weighted by atomic mass is 16.6. The number of carboxylic acids is 1. The summed E-state index contributed by atoms with van der Waals surface area (Å²) < 4.78 is 5.88. The molecule has 4 rings (SSSR count). The minimum atomic E-state index is -1.44. The van der Waals surface area contributed by atoms with Crippen LogP contribution in [-0.4, -0.2) is 34.4 Å². The van der Waals surface area contributed by atoms with E-state index >= 15 is 0 Å². The Balaban J connectivity index is 1.86. The maximum Gasteiger partial charge on any atom is 0.310 e. The lowest BCUT2D eigenvalue weighted by Crippen LogP contribution is -2.58. The summed E-state index contributed by atoms with van der Waals surface area (Å²) in [6, 6.07) is 0. The molecule has 0 unspecified atom stereocenters. The van der Waals surface area contributed by atoms with E-state index in [4.69, 9.17) is 4.74 Å². The van der Waals surface area contributed by atoms with Crippen LogP contribution < -0.4 is 0 Å². The van der Waals surface area contributed by atoms with Crippen molar-refractivity contribution in [2.24, 2.45) is 22.7 Å². The number of ether oxygens (including phenoxy) is 1. The van der Waals surface area contributed by atoms with Crippen LogP contribution in [0.1, 0.15) is 52.9 Å². The number of carboxylic acid groups (broad SMARTS) is 1. The van der Waals surface area contributed by atoms with Crippen molar-refractivity contribution in [2.75, 3.05) is 0 Å². The highest BCUT2D eigenvalue weighted by Crippen LogP contribution is 2.67. The molecule has 2 aliphatic heterocycles.